The highest BCUT2D eigenvalue weighted by atomic mass is 19.1. The summed E-state index contributed by atoms with van der Waals surface area (Å²) in [4.78, 5) is 29.3. The zero-order valence-electron chi connectivity index (χ0n) is 18.7. The summed E-state index contributed by atoms with van der Waals surface area (Å²) in [6.45, 7) is 2.25. The van der Waals surface area contributed by atoms with Crippen molar-refractivity contribution in [1.82, 2.24) is 4.90 Å². The van der Waals surface area contributed by atoms with E-state index in [0.29, 0.717) is 18.5 Å². The molecule has 2 aromatic carbocycles. The van der Waals surface area contributed by atoms with Crippen molar-refractivity contribution in [2.75, 3.05) is 24.3 Å². The minimum atomic E-state index is -0.352. The average Bonchev–Trinajstić information content (AvgIpc) is 2.78. The molecule has 0 spiro atoms. The number of nitrogens with zero attached hydrogens (tertiary/aromatic N) is 2. The number of benzene rings is 2. The monoisotopic (exact) mass is 425 g/mol. The lowest BCUT2D eigenvalue weighted by atomic mass is 9.93. The molecule has 2 amide bonds. The standard InChI is InChI=1S/C25H32FN3O2/c1-4-24(30)27-21-14-15-23(28(2)3)19(16-21)17-29(22-8-6-5-7-9-22)25(31)18-10-12-20(26)13-11-18/h10-16,22H,4-9,17H2,1-3H3,(H,27,30). The molecule has 0 aliphatic heterocycles. The number of carbonyl (C=O) groups excluding carboxylic acids is 2. The predicted octanol–water partition coefficient (Wildman–Crippen LogP) is 5.22. The third-order valence-corrected chi connectivity index (χ3v) is 5.87. The van der Waals surface area contributed by atoms with Gasteiger partial charge in [0.25, 0.3) is 5.91 Å². The van der Waals surface area contributed by atoms with Crippen LogP contribution in [-0.4, -0.2) is 36.9 Å². The van der Waals surface area contributed by atoms with Gasteiger partial charge in [-0.1, -0.05) is 26.2 Å². The second kappa shape index (κ2) is 10.4. The van der Waals surface area contributed by atoms with Gasteiger partial charge in [0, 0.05) is 50.0 Å². The van der Waals surface area contributed by atoms with Gasteiger partial charge in [-0.15, -0.1) is 0 Å². The second-order valence-corrected chi connectivity index (χ2v) is 8.37. The Morgan fingerprint density at radius 1 is 1.03 bits per heavy atom. The molecule has 0 bridgehead atoms. The SMILES string of the molecule is CCC(=O)Nc1ccc(N(C)C)c(CN(C(=O)c2ccc(F)cc2)C2CCCCC2)c1. The van der Waals surface area contributed by atoms with Crippen LogP contribution >= 0.6 is 0 Å². The zero-order valence-corrected chi connectivity index (χ0v) is 18.7. The van der Waals surface area contributed by atoms with E-state index in [1.807, 2.05) is 49.0 Å². The highest BCUT2D eigenvalue weighted by Crippen LogP contribution is 2.30. The van der Waals surface area contributed by atoms with E-state index in [4.69, 9.17) is 0 Å². The first kappa shape index (κ1) is 22.8. The summed E-state index contributed by atoms with van der Waals surface area (Å²) < 4.78 is 13.4. The van der Waals surface area contributed by atoms with Crippen molar-refractivity contribution in [3.05, 3.63) is 59.4 Å². The van der Waals surface area contributed by atoms with Crippen molar-refractivity contribution in [1.29, 1.82) is 0 Å². The van der Waals surface area contributed by atoms with Gasteiger partial charge in [-0.2, -0.15) is 0 Å². The zero-order chi connectivity index (χ0) is 22.4. The maximum Gasteiger partial charge on any atom is 0.254 e. The molecule has 6 heteroatoms. The van der Waals surface area contributed by atoms with E-state index in [-0.39, 0.29) is 23.7 Å². The van der Waals surface area contributed by atoms with E-state index < -0.39 is 0 Å². The average molecular weight is 426 g/mol. The van der Waals surface area contributed by atoms with Gasteiger partial charge < -0.3 is 15.1 Å². The Labute approximate surface area is 184 Å². The quantitative estimate of drug-likeness (QED) is 0.662. The summed E-state index contributed by atoms with van der Waals surface area (Å²) in [6.07, 6.45) is 5.74. The Bertz CT molecular complexity index is 905. The molecule has 2 aromatic rings. The Kier molecular flexibility index (Phi) is 7.66. The summed E-state index contributed by atoms with van der Waals surface area (Å²) in [5.41, 5.74) is 3.20. The highest BCUT2D eigenvalue weighted by Gasteiger charge is 2.27. The van der Waals surface area contributed by atoms with Crippen molar-refractivity contribution in [2.45, 2.75) is 58.0 Å². The minimum Gasteiger partial charge on any atom is -0.377 e. The number of halogens is 1. The number of hydrogen-bond donors (Lipinski definition) is 1. The fourth-order valence-electron chi connectivity index (χ4n) is 4.18. The van der Waals surface area contributed by atoms with Crippen LogP contribution in [-0.2, 0) is 11.3 Å². The van der Waals surface area contributed by atoms with E-state index in [9.17, 15) is 14.0 Å². The number of hydrogen-bond acceptors (Lipinski definition) is 3. The first-order valence-electron chi connectivity index (χ1n) is 11.1. The highest BCUT2D eigenvalue weighted by molar-refractivity contribution is 5.94. The van der Waals surface area contributed by atoms with E-state index in [1.165, 1.54) is 18.6 Å². The van der Waals surface area contributed by atoms with Crippen LogP contribution in [0.1, 0.15) is 61.4 Å². The molecule has 0 saturated heterocycles. The molecule has 1 fully saturated rings. The summed E-state index contributed by atoms with van der Waals surface area (Å²) in [5, 5.41) is 2.92. The third kappa shape index (κ3) is 5.84. The topological polar surface area (TPSA) is 52.7 Å². The largest absolute Gasteiger partial charge is 0.377 e. The van der Waals surface area contributed by atoms with Gasteiger partial charge in [-0.25, -0.2) is 4.39 Å². The van der Waals surface area contributed by atoms with Crippen LogP contribution in [0.4, 0.5) is 15.8 Å². The van der Waals surface area contributed by atoms with Gasteiger partial charge >= 0.3 is 0 Å². The van der Waals surface area contributed by atoms with Crippen LogP contribution in [0.3, 0.4) is 0 Å². The molecule has 0 unspecified atom stereocenters. The van der Waals surface area contributed by atoms with Crippen molar-refractivity contribution in [3.63, 3.8) is 0 Å². The van der Waals surface area contributed by atoms with Gasteiger partial charge in [-0.05, 0) is 60.9 Å². The van der Waals surface area contributed by atoms with Crippen molar-refractivity contribution in [2.24, 2.45) is 0 Å². The van der Waals surface area contributed by atoms with E-state index in [1.54, 1.807) is 12.1 Å². The first-order chi connectivity index (χ1) is 14.9. The smallest absolute Gasteiger partial charge is 0.254 e. The van der Waals surface area contributed by atoms with Gasteiger partial charge in [0.05, 0.1) is 0 Å². The van der Waals surface area contributed by atoms with Crippen LogP contribution in [0.5, 0.6) is 0 Å². The van der Waals surface area contributed by atoms with Gasteiger partial charge in [-0.3, -0.25) is 9.59 Å². The normalized spacial score (nSPS) is 14.2. The van der Waals surface area contributed by atoms with Crippen LogP contribution in [0, 0.1) is 5.82 Å². The minimum absolute atomic E-state index is 0.0462. The Morgan fingerprint density at radius 2 is 1.71 bits per heavy atom. The third-order valence-electron chi connectivity index (χ3n) is 5.87. The van der Waals surface area contributed by atoms with Crippen LogP contribution in [0.15, 0.2) is 42.5 Å². The number of nitrogens with one attached hydrogen (secondary N) is 1. The number of anilines is 2. The van der Waals surface area contributed by atoms with Crippen molar-refractivity contribution >= 4 is 23.2 Å². The first-order valence-corrected chi connectivity index (χ1v) is 11.1. The summed E-state index contributed by atoms with van der Waals surface area (Å²) in [6, 6.07) is 11.7. The second-order valence-electron chi connectivity index (χ2n) is 8.37. The molecule has 166 valence electrons. The predicted molar refractivity (Wildman–Crippen MR) is 123 cm³/mol. The molecule has 3 rings (SSSR count). The van der Waals surface area contributed by atoms with Crippen LogP contribution in [0.2, 0.25) is 0 Å². The lowest BCUT2D eigenvalue weighted by Gasteiger charge is -2.35. The molecule has 0 atom stereocenters. The Morgan fingerprint density at radius 3 is 2.32 bits per heavy atom. The number of amides is 2. The molecule has 5 nitrogen and oxygen atoms in total. The summed E-state index contributed by atoms with van der Waals surface area (Å²) in [5.74, 6) is -0.482. The number of rotatable bonds is 7. The van der Waals surface area contributed by atoms with Crippen molar-refractivity contribution in [3.8, 4) is 0 Å². The molecule has 1 saturated carbocycles. The molecular weight excluding hydrogens is 393 g/mol. The Hall–Kier alpha value is -2.89. The molecule has 0 heterocycles. The maximum atomic E-state index is 13.5. The fourth-order valence-corrected chi connectivity index (χ4v) is 4.18. The molecule has 31 heavy (non-hydrogen) atoms. The molecular formula is C25H32FN3O2. The molecule has 1 N–H and O–H groups in total. The van der Waals surface area contributed by atoms with Gasteiger partial charge in [0.2, 0.25) is 5.91 Å². The summed E-state index contributed by atoms with van der Waals surface area (Å²) in [7, 11) is 3.94. The van der Waals surface area contributed by atoms with Crippen LogP contribution < -0.4 is 10.2 Å². The molecule has 0 radical (unpaired) electrons. The van der Waals surface area contributed by atoms with E-state index >= 15 is 0 Å². The Balaban J connectivity index is 1.95. The van der Waals surface area contributed by atoms with Gasteiger partial charge in [0.15, 0.2) is 0 Å². The lowest BCUT2D eigenvalue weighted by Crippen LogP contribution is -2.41. The molecule has 1 aliphatic carbocycles. The van der Waals surface area contributed by atoms with Crippen LogP contribution in [0.25, 0.3) is 0 Å². The van der Waals surface area contributed by atoms with Crippen molar-refractivity contribution < 1.29 is 14.0 Å². The molecule has 1 aliphatic rings. The van der Waals surface area contributed by atoms with E-state index in [2.05, 4.69) is 5.32 Å². The van der Waals surface area contributed by atoms with Gasteiger partial charge in [0.1, 0.15) is 5.82 Å². The summed E-state index contributed by atoms with van der Waals surface area (Å²) >= 11 is 0. The fraction of sp³-hybridized carbons (Fsp3) is 0.440. The molecule has 0 aromatic heterocycles. The number of carbonyl (C=O) groups is 2. The lowest BCUT2D eigenvalue weighted by molar-refractivity contribution is -0.115. The maximum absolute atomic E-state index is 13.5. The van der Waals surface area contributed by atoms with E-state index in [0.717, 1.165) is 42.6 Å².